The van der Waals surface area contributed by atoms with E-state index in [1.165, 1.54) is 0 Å². The average Bonchev–Trinajstić information content (AvgIpc) is 1.57. The van der Waals surface area contributed by atoms with Crippen LogP contribution in [-0.4, -0.2) is 30.3 Å². The Bertz CT molecular complexity index is 151. The lowest BCUT2D eigenvalue weighted by molar-refractivity contribution is -0.183. The molecule has 1 unspecified atom stereocenters. The Morgan fingerprint density at radius 1 is 1.80 bits per heavy atom. The van der Waals surface area contributed by atoms with E-state index in [9.17, 15) is 4.79 Å². The molecule has 58 valence electrons. The van der Waals surface area contributed by atoms with E-state index in [1.54, 1.807) is 6.92 Å². The second kappa shape index (κ2) is 2.21. The Labute approximate surface area is 59.0 Å². The summed E-state index contributed by atoms with van der Waals surface area (Å²) in [4.78, 5) is 10.6. The van der Waals surface area contributed by atoms with Crippen molar-refractivity contribution in [2.24, 2.45) is 11.1 Å². The van der Waals surface area contributed by atoms with Crippen molar-refractivity contribution in [2.45, 2.75) is 13.0 Å². The number of hydrogen-bond donors (Lipinski definition) is 2. The summed E-state index contributed by atoms with van der Waals surface area (Å²) in [5.41, 5.74) is 4.67. The molecule has 1 rings (SSSR count). The highest BCUT2D eigenvalue weighted by molar-refractivity contribution is 5.76. The number of ether oxygens (including phenoxy) is 1. The van der Waals surface area contributed by atoms with Crippen LogP contribution in [0.5, 0.6) is 0 Å². The van der Waals surface area contributed by atoms with Gasteiger partial charge in [0, 0.05) is 6.04 Å². The maximum Gasteiger partial charge on any atom is 0.315 e. The summed E-state index contributed by atoms with van der Waals surface area (Å²) in [5.74, 6) is -0.853. The summed E-state index contributed by atoms with van der Waals surface area (Å²) in [6.07, 6.45) is 0. The van der Waals surface area contributed by atoms with Crippen molar-refractivity contribution < 1.29 is 14.6 Å². The third-order valence-corrected chi connectivity index (χ3v) is 2.02. The van der Waals surface area contributed by atoms with Crippen LogP contribution in [0, 0.1) is 5.41 Å². The molecule has 0 aromatic rings. The van der Waals surface area contributed by atoms with Crippen LogP contribution in [0.4, 0.5) is 0 Å². The van der Waals surface area contributed by atoms with Crippen LogP contribution >= 0.6 is 0 Å². The van der Waals surface area contributed by atoms with Gasteiger partial charge in [-0.1, -0.05) is 0 Å². The molecular formula is C6H11NO3. The third kappa shape index (κ3) is 0.803. The SMILES string of the molecule is CC(N)C1(C(=O)O)COC1. The number of aliphatic carboxylic acids is 1. The first-order valence-electron chi connectivity index (χ1n) is 3.16. The molecule has 1 aliphatic rings. The third-order valence-electron chi connectivity index (χ3n) is 2.02. The molecule has 0 saturated carbocycles. The van der Waals surface area contributed by atoms with Gasteiger partial charge in [-0.3, -0.25) is 4.79 Å². The summed E-state index contributed by atoms with van der Waals surface area (Å²) in [7, 11) is 0. The molecule has 0 amide bonds. The zero-order valence-corrected chi connectivity index (χ0v) is 5.83. The fourth-order valence-electron chi connectivity index (χ4n) is 0.903. The van der Waals surface area contributed by atoms with Crippen LogP contribution in [0.1, 0.15) is 6.92 Å². The van der Waals surface area contributed by atoms with Crippen LogP contribution in [0.25, 0.3) is 0 Å². The molecule has 0 aromatic carbocycles. The highest BCUT2D eigenvalue weighted by Gasteiger charge is 2.49. The summed E-state index contributed by atoms with van der Waals surface area (Å²) < 4.78 is 4.80. The van der Waals surface area contributed by atoms with Gasteiger partial charge >= 0.3 is 5.97 Å². The van der Waals surface area contributed by atoms with Crippen LogP contribution in [0.2, 0.25) is 0 Å². The average molecular weight is 145 g/mol. The molecule has 1 saturated heterocycles. The second-order valence-electron chi connectivity index (χ2n) is 2.74. The van der Waals surface area contributed by atoms with Gasteiger partial charge in [0.05, 0.1) is 13.2 Å². The lowest BCUT2D eigenvalue weighted by atomic mass is 9.80. The van der Waals surface area contributed by atoms with Gasteiger partial charge in [0.1, 0.15) is 5.41 Å². The van der Waals surface area contributed by atoms with E-state index in [2.05, 4.69) is 0 Å². The number of hydrogen-bond acceptors (Lipinski definition) is 3. The van der Waals surface area contributed by atoms with Gasteiger partial charge in [-0.05, 0) is 6.92 Å². The van der Waals surface area contributed by atoms with Gasteiger partial charge in [0.25, 0.3) is 0 Å². The molecule has 1 aliphatic heterocycles. The van der Waals surface area contributed by atoms with E-state index in [-0.39, 0.29) is 19.3 Å². The monoisotopic (exact) mass is 145 g/mol. The van der Waals surface area contributed by atoms with Crippen molar-refractivity contribution in [3.8, 4) is 0 Å². The summed E-state index contributed by atoms with van der Waals surface area (Å²) >= 11 is 0. The maximum absolute atomic E-state index is 10.6. The van der Waals surface area contributed by atoms with Crippen molar-refractivity contribution in [3.63, 3.8) is 0 Å². The van der Waals surface area contributed by atoms with E-state index in [0.29, 0.717) is 0 Å². The number of carbonyl (C=O) groups is 1. The molecule has 4 heteroatoms. The first-order valence-corrected chi connectivity index (χ1v) is 3.16. The Kier molecular flexibility index (Phi) is 1.66. The molecule has 3 N–H and O–H groups in total. The summed E-state index contributed by atoms with van der Waals surface area (Å²) in [5, 5.41) is 8.69. The molecule has 1 fully saturated rings. The van der Waals surface area contributed by atoms with Gasteiger partial charge in [0.15, 0.2) is 0 Å². The van der Waals surface area contributed by atoms with Crippen LogP contribution < -0.4 is 5.73 Å². The smallest absolute Gasteiger partial charge is 0.315 e. The fraction of sp³-hybridized carbons (Fsp3) is 0.833. The van der Waals surface area contributed by atoms with Crippen LogP contribution in [0.15, 0.2) is 0 Å². The molecule has 10 heavy (non-hydrogen) atoms. The number of rotatable bonds is 2. The molecule has 0 aliphatic carbocycles. The van der Waals surface area contributed by atoms with E-state index >= 15 is 0 Å². The van der Waals surface area contributed by atoms with Gasteiger partial charge in [-0.25, -0.2) is 0 Å². The minimum absolute atomic E-state index is 0.250. The van der Waals surface area contributed by atoms with Gasteiger partial charge < -0.3 is 15.6 Å². The first kappa shape index (κ1) is 7.50. The Balaban J connectivity index is 2.68. The van der Waals surface area contributed by atoms with Gasteiger partial charge in [0.2, 0.25) is 0 Å². The quantitative estimate of drug-likeness (QED) is 0.546. The largest absolute Gasteiger partial charge is 0.481 e. The topological polar surface area (TPSA) is 72.6 Å². The van der Waals surface area contributed by atoms with Gasteiger partial charge in [-0.2, -0.15) is 0 Å². The van der Waals surface area contributed by atoms with Gasteiger partial charge in [-0.15, -0.1) is 0 Å². The summed E-state index contributed by atoms with van der Waals surface area (Å²) in [6, 6.07) is -0.334. The van der Waals surface area contributed by atoms with Crippen molar-refractivity contribution in [1.29, 1.82) is 0 Å². The Morgan fingerprint density at radius 3 is 2.30 bits per heavy atom. The maximum atomic E-state index is 10.6. The van der Waals surface area contributed by atoms with E-state index in [1.807, 2.05) is 0 Å². The molecule has 4 nitrogen and oxygen atoms in total. The number of carboxylic acids is 1. The highest BCUT2D eigenvalue weighted by atomic mass is 16.5. The van der Waals surface area contributed by atoms with E-state index in [0.717, 1.165) is 0 Å². The predicted molar refractivity (Wildman–Crippen MR) is 34.5 cm³/mol. The molecule has 0 bridgehead atoms. The lowest BCUT2D eigenvalue weighted by Crippen LogP contribution is -2.58. The van der Waals surface area contributed by atoms with Crippen molar-refractivity contribution in [2.75, 3.05) is 13.2 Å². The van der Waals surface area contributed by atoms with Crippen LogP contribution in [0.3, 0.4) is 0 Å². The predicted octanol–water partition coefficient (Wildman–Crippen LogP) is -0.565. The summed E-state index contributed by atoms with van der Waals surface area (Å²) in [6.45, 7) is 2.19. The molecule has 1 atom stereocenters. The normalized spacial score (nSPS) is 25.0. The minimum Gasteiger partial charge on any atom is -0.481 e. The van der Waals surface area contributed by atoms with E-state index < -0.39 is 11.4 Å². The standard InChI is InChI=1S/C6H11NO3/c1-4(7)6(5(8)9)2-10-3-6/h4H,2-3,7H2,1H3,(H,8,9). The lowest BCUT2D eigenvalue weighted by Gasteiger charge is -2.40. The van der Waals surface area contributed by atoms with Crippen molar-refractivity contribution in [3.05, 3.63) is 0 Å². The minimum atomic E-state index is -0.853. The zero-order chi connectivity index (χ0) is 7.78. The first-order chi connectivity index (χ1) is 4.59. The Hall–Kier alpha value is -0.610. The molecule has 0 aromatic heterocycles. The molecule has 0 radical (unpaired) electrons. The van der Waals surface area contributed by atoms with Crippen LogP contribution in [-0.2, 0) is 9.53 Å². The highest BCUT2D eigenvalue weighted by Crippen LogP contribution is 2.30. The van der Waals surface area contributed by atoms with Crippen molar-refractivity contribution >= 4 is 5.97 Å². The second-order valence-corrected chi connectivity index (χ2v) is 2.74. The molecular weight excluding hydrogens is 134 g/mol. The number of carboxylic acid groups (broad SMARTS) is 1. The zero-order valence-electron chi connectivity index (χ0n) is 5.83. The number of nitrogens with two attached hydrogens (primary N) is 1. The van der Waals surface area contributed by atoms with E-state index in [4.69, 9.17) is 15.6 Å². The molecule has 0 spiro atoms. The van der Waals surface area contributed by atoms with Crippen molar-refractivity contribution in [1.82, 2.24) is 0 Å². The fourth-order valence-corrected chi connectivity index (χ4v) is 0.903. The molecule has 1 heterocycles. The Morgan fingerprint density at radius 2 is 2.30 bits per heavy atom.